The number of ether oxygens (including phenoxy) is 4. The van der Waals surface area contributed by atoms with Crippen molar-refractivity contribution >= 4 is 29.7 Å². The molecule has 198 valence electrons. The number of hydrogen-bond acceptors (Lipinski definition) is 9. The van der Waals surface area contributed by atoms with Crippen LogP contribution in [0.25, 0.3) is 0 Å². The van der Waals surface area contributed by atoms with Gasteiger partial charge >= 0.3 is 30.1 Å². The van der Waals surface area contributed by atoms with Crippen molar-refractivity contribution in [2.75, 3.05) is 13.6 Å². The molecule has 0 spiro atoms. The maximum absolute atomic E-state index is 13.0. The van der Waals surface area contributed by atoms with Gasteiger partial charge in [-0.15, -0.1) is 0 Å². The van der Waals surface area contributed by atoms with E-state index in [0.29, 0.717) is 5.56 Å². The van der Waals surface area contributed by atoms with Crippen LogP contribution in [-0.2, 0) is 44.3 Å². The molecule has 0 amide bonds. The first-order valence-corrected chi connectivity index (χ1v) is 10.8. The number of Topliss-reactive ketones (excluding diaryl/α,β-unsaturated/α-hetero) is 1. The molecule has 0 N–H and O–H groups in total. The predicted octanol–water partition coefficient (Wildman–Crippen LogP) is 3.81. The average molecular weight is 524 g/mol. The second kappa shape index (κ2) is 13.2. The van der Waals surface area contributed by atoms with E-state index in [-0.39, 0.29) is 5.56 Å². The first kappa shape index (κ1) is 29.0. The van der Waals surface area contributed by atoms with E-state index in [2.05, 4.69) is 9.47 Å². The normalized spacial score (nSPS) is 11.8. The van der Waals surface area contributed by atoms with Crippen molar-refractivity contribution in [1.29, 1.82) is 0 Å². The van der Waals surface area contributed by atoms with E-state index >= 15 is 0 Å². The molecule has 12 heteroatoms. The molecule has 0 aliphatic carbocycles. The molecule has 0 aliphatic rings. The Morgan fingerprint density at radius 3 is 1.65 bits per heavy atom. The molecule has 2 aromatic rings. The molecule has 0 aromatic heterocycles. The van der Waals surface area contributed by atoms with Crippen LogP contribution in [0, 0.1) is 5.92 Å². The minimum atomic E-state index is -4.60. The van der Waals surface area contributed by atoms with Gasteiger partial charge in [0.15, 0.2) is 11.7 Å². The van der Waals surface area contributed by atoms with Crippen molar-refractivity contribution in [3.8, 4) is 0 Å². The summed E-state index contributed by atoms with van der Waals surface area (Å²) in [6, 6.07) is 11.3. The monoisotopic (exact) mass is 524 g/mol. The highest BCUT2D eigenvalue weighted by atomic mass is 19.4. The van der Waals surface area contributed by atoms with Crippen molar-refractivity contribution in [3.05, 3.63) is 71.3 Å². The van der Waals surface area contributed by atoms with E-state index in [1.165, 1.54) is 12.1 Å². The molecular weight excluding hydrogens is 501 g/mol. The number of esters is 4. The van der Waals surface area contributed by atoms with Gasteiger partial charge in [0, 0.05) is 31.7 Å². The summed E-state index contributed by atoms with van der Waals surface area (Å²) in [5, 5.41) is 0. The van der Waals surface area contributed by atoms with Crippen LogP contribution in [-0.4, -0.2) is 43.2 Å². The molecule has 0 bridgehead atoms. The molecule has 0 saturated carbocycles. The number of rotatable bonds is 11. The number of carbonyl (C=O) groups is 5. The summed E-state index contributed by atoms with van der Waals surface area (Å²) in [6.45, 7) is 0.481. The molecule has 1 atom stereocenters. The van der Waals surface area contributed by atoms with Crippen molar-refractivity contribution in [3.63, 3.8) is 0 Å². The van der Waals surface area contributed by atoms with Crippen LogP contribution >= 0.6 is 0 Å². The summed E-state index contributed by atoms with van der Waals surface area (Å²) >= 11 is 0. The van der Waals surface area contributed by atoms with Crippen molar-refractivity contribution in [2.24, 2.45) is 5.92 Å². The lowest BCUT2D eigenvalue weighted by Crippen LogP contribution is -2.35. The molecule has 1 unspecified atom stereocenters. The van der Waals surface area contributed by atoms with E-state index in [4.69, 9.17) is 9.47 Å². The Morgan fingerprint density at radius 1 is 0.730 bits per heavy atom. The zero-order valence-electron chi connectivity index (χ0n) is 19.8. The fourth-order valence-electron chi connectivity index (χ4n) is 3.24. The number of halogens is 3. The van der Waals surface area contributed by atoms with Crippen molar-refractivity contribution in [2.45, 2.75) is 32.4 Å². The second-order valence-electron chi connectivity index (χ2n) is 7.63. The minimum absolute atomic E-state index is 0.0887. The Balaban J connectivity index is 2.39. The maximum atomic E-state index is 13.0. The van der Waals surface area contributed by atoms with Gasteiger partial charge in [0.05, 0.1) is 5.56 Å². The number of ketones is 1. The van der Waals surface area contributed by atoms with Gasteiger partial charge in [-0.1, -0.05) is 42.5 Å². The number of alkyl halides is 3. The molecule has 2 rings (SSSR count). The molecule has 0 radical (unpaired) electrons. The van der Waals surface area contributed by atoms with Crippen LogP contribution in [0.3, 0.4) is 0 Å². The maximum Gasteiger partial charge on any atom is 0.416 e. The van der Waals surface area contributed by atoms with Gasteiger partial charge in [0.25, 0.3) is 0 Å². The Morgan fingerprint density at radius 2 is 1.22 bits per heavy atom. The number of hydrogen-bond donors (Lipinski definition) is 0. The summed E-state index contributed by atoms with van der Waals surface area (Å²) < 4.78 is 57.6. The number of benzene rings is 2. The zero-order chi connectivity index (χ0) is 27.6. The first-order chi connectivity index (χ1) is 17.4. The molecule has 0 saturated heterocycles. The van der Waals surface area contributed by atoms with Crippen molar-refractivity contribution < 1.29 is 56.1 Å². The van der Waals surface area contributed by atoms with E-state index in [1.54, 1.807) is 18.2 Å². The highest BCUT2D eigenvalue weighted by molar-refractivity contribution is 6.00. The predicted molar refractivity (Wildman–Crippen MR) is 119 cm³/mol. The van der Waals surface area contributed by atoms with E-state index in [9.17, 15) is 37.1 Å². The van der Waals surface area contributed by atoms with Gasteiger partial charge < -0.3 is 18.9 Å². The molecule has 37 heavy (non-hydrogen) atoms. The molecule has 0 fully saturated rings. The molecule has 9 nitrogen and oxygen atoms in total. The van der Waals surface area contributed by atoms with Crippen LogP contribution in [0.15, 0.2) is 54.6 Å². The summed E-state index contributed by atoms with van der Waals surface area (Å²) in [7, 11) is 0. The Hall–Kier alpha value is -4.22. The Bertz CT molecular complexity index is 1080. The van der Waals surface area contributed by atoms with Gasteiger partial charge in [-0.25, -0.2) is 0 Å². The quantitative estimate of drug-likeness (QED) is 0.187. The van der Waals surface area contributed by atoms with Crippen LogP contribution in [0.1, 0.15) is 47.7 Å². The fourth-order valence-corrected chi connectivity index (χ4v) is 3.24. The highest BCUT2D eigenvalue weighted by Gasteiger charge is 2.40. The average Bonchev–Trinajstić information content (AvgIpc) is 2.83. The molecular formula is C25H23F3O9. The largest absolute Gasteiger partial charge is 0.428 e. The van der Waals surface area contributed by atoms with Crippen molar-refractivity contribution in [1.82, 2.24) is 0 Å². The van der Waals surface area contributed by atoms with Gasteiger partial charge in [-0.2, -0.15) is 13.2 Å². The molecule has 0 heterocycles. The summed E-state index contributed by atoms with van der Waals surface area (Å²) in [4.78, 5) is 60.8. The SMILES string of the molecule is CC(=O)OCOC(=O)C(C(=O)OCOC(C)=O)C(CC(=O)c1ccc(C(F)(F)F)cc1)c1ccccc1. The fraction of sp³-hybridized carbons (Fsp3) is 0.320. The van der Waals surface area contributed by atoms with E-state index < -0.39 is 73.2 Å². The lowest BCUT2D eigenvalue weighted by molar-refractivity contribution is -0.179. The van der Waals surface area contributed by atoms with E-state index in [1.807, 2.05) is 0 Å². The van der Waals surface area contributed by atoms with Gasteiger partial charge in [-0.3, -0.25) is 24.0 Å². The topological polar surface area (TPSA) is 122 Å². The third-order valence-electron chi connectivity index (χ3n) is 5.00. The highest BCUT2D eigenvalue weighted by Crippen LogP contribution is 2.33. The van der Waals surface area contributed by atoms with Crippen LogP contribution < -0.4 is 0 Å². The second-order valence-corrected chi connectivity index (χ2v) is 7.63. The van der Waals surface area contributed by atoms with Gasteiger partial charge in [0.2, 0.25) is 13.6 Å². The Labute approximate surface area is 209 Å². The summed E-state index contributed by atoms with van der Waals surface area (Å²) in [5.74, 6) is -7.60. The third-order valence-corrected chi connectivity index (χ3v) is 5.00. The first-order valence-electron chi connectivity index (χ1n) is 10.8. The van der Waals surface area contributed by atoms with Gasteiger partial charge in [0.1, 0.15) is 0 Å². The van der Waals surface area contributed by atoms with Crippen LogP contribution in [0.4, 0.5) is 13.2 Å². The summed E-state index contributed by atoms with van der Waals surface area (Å²) in [6.07, 6.45) is -5.11. The zero-order valence-corrected chi connectivity index (χ0v) is 19.8. The molecule has 0 aliphatic heterocycles. The number of carbonyl (C=O) groups excluding carboxylic acids is 5. The smallest absolute Gasteiger partial charge is 0.416 e. The lowest BCUT2D eigenvalue weighted by Gasteiger charge is -2.24. The lowest BCUT2D eigenvalue weighted by atomic mass is 9.81. The van der Waals surface area contributed by atoms with Crippen LogP contribution in [0.5, 0.6) is 0 Å². The standard InChI is InChI=1S/C25H23F3O9/c1-15(29)34-13-36-23(32)22(24(33)37-14-35-16(2)30)20(17-6-4-3-5-7-17)12-21(31)18-8-10-19(11-9-18)25(26,27)28/h3-11,20,22H,12-14H2,1-2H3. The third kappa shape index (κ3) is 9.06. The summed E-state index contributed by atoms with van der Waals surface area (Å²) in [5.41, 5.74) is -0.708. The van der Waals surface area contributed by atoms with E-state index in [0.717, 1.165) is 38.1 Å². The Kier molecular flexibility index (Phi) is 10.3. The van der Waals surface area contributed by atoms with Crippen LogP contribution in [0.2, 0.25) is 0 Å². The minimum Gasteiger partial charge on any atom is -0.428 e. The molecule has 2 aromatic carbocycles. The van der Waals surface area contributed by atoms with Gasteiger partial charge in [-0.05, 0) is 17.7 Å².